The van der Waals surface area contributed by atoms with Crippen LogP contribution in [0.5, 0.6) is 0 Å². The number of benzene rings is 1. The SMILES string of the molecule is CN=C(NCC(C)(C)NS(C)(=O)=O)NC1CCCN(c2ccccc2Cl)C1. The Morgan fingerprint density at radius 2 is 2.07 bits per heavy atom. The van der Waals surface area contributed by atoms with E-state index in [0.717, 1.165) is 42.9 Å². The summed E-state index contributed by atoms with van der Waals surface area (Å²) in [4.78, 5) is 6.55. The van der Waals surface area contributed by atoms with Crippen LogP contribution in [0, 0.1) is 0 Å². The van der Waals surface area contributed by atoms with Crippen molar-refractivity contribution in [3.05, 3.63) is 29.3 Å². The van der Waals surface area contributed by atoms with E-state index in [1.165, 1.54) is 0 Å². The minimum atomic E-state index is -3.28. The predicted molar refractivity (Wildman–Crippen MR) is 113 cm³/mol. The summed E-state index contributed by atoms with van der Waals surface area (Å²) in [7, 11) is -1.57. The number of sulfonamides is 1. The summed E-state index contributed by atoms with van der Waals surface area (Å²) in [5, 5.41) is 7.41. The van der Waals surface area contributed by atoms with Crippen molar-refractivity contribution < 1.29 is 8.42 Å². The highest BCUT2D eigenvalue weighted by Crippen LogP contribution is 2.27. The second kappa shape index (κ2) is 9.12. The normalized spacial score (nSPS) is 19.1. The predicted octanol–water partition coefficient (Wildman–Crippen LogP) is 1.80. The van der Waals surface area contributed by atoms with Crippen LogP contribution in [0.15, 0.2) is 29.3 Å². The Labute approximate surface area is 167 Å². The Kier molecular flexibility index (Phi) is 7.36. The zero-order chi connectivity index (χ0) is 20.1. The quantitative estimate of drug-likeness (QED) is 0.487. The number of halogens is 1. The van der Waals surface area contributed by atoms with Crippen LogP contribution < -0.4 is 20.3 Å². The monoisotopic (exact) mass is 415 g/mol. The summed E-state index contributed by atoms with van der Waals surface area (Å²) in [6, 6.07) is 8.11. The summed E-state index contributed by atoms with van der Waals surface area (Å²) >= 11 is 6.34. The van der Waals surface area contributed by atoms with E-state index in [1.807, 2.05) is 38.1 Å². The number of nitrogens with zero attached hydrogens (tertiary/aromatic N) is 2. The maximum absolute atomic E-state index is 11.5. The number of hydrogen-bond donors (Lipinski definition) is 3. The average Bonchev–Trinajstić information content (AvgIpc) is 2.57. The van der Waals surface area contributed by atoms with Gasteiger partial charge in [0.25, 0.3) is 0 Å². The van der Waals surface area contributed by atoms with E-state index in [4.69, 9.17) is 11.6 Å². The second-order valence-electron chi connectivity index (χ2n) is 7.56. The Bertz CT molecular complexity index is 767. The zero-order valence-electron chi connectivity index (χ0n) is 16.4. The third-order valence-corrected chi connectivity index (χ3v) is 5.58. The molecule has 1 aliphatic rings. The maximum Gasteiger partial charge on any atom is 0.209 e. The molecule has 0 radical (unpaired) electrons. The van der Waals surface area contributed by atoms with Crippen molar-refractivity contribution >= 4 is 33.3 Å². The van der Waals surface area contributed by atoms with Crippen molar-refractivity contribution in [2.75, 3.05) is 37.8 Å². The third kappa shape index (κ3) is 7.20. The van der Waals surface area contributed by atoms with Gasteiger partial charge in [-0.3, -0.25) is 4.99 Å². The Balaban J connectivity index is 1.93. The van der Waals surface area contributed by atoms with Crippen molar-refractivity contribution in [2.24, 2.45) is 4.99 Å². The molecule has 152 valence electrons. The number of nitrogens with one attached hydrogen (secondary N) is 3. The number of piperidine rings is 1. The van der Waals surface area contributed by atoms with Gasteiger partial charge in [0.1, 0.15) is 0 Å². The number of anilines is 1. The molecule has 0 saturated carbocycles. The molecule has 1 fully saturated rings. The van der Waals surface area contributed by atoms with Gasteiger partial charge >= 0.3 is 0 Å². The molecule has 3 N–H and O–H groups in total. The lowest BCUT2D eigenvalue weighted by molar-refractivity contribution is 0.436. The van der Waals surface area contributed by atoms with Crippen LogP contribution in [0.3, 0.4) is 0 Å². The van der Waals surface area contributed by atoms with Crippen LogP contribution in [0.2, 0.25) is 5.02 Å². The molecule has 1 unspecified atom stereocenters. The Hall–Kier alpha value is -1.51. The second-order valence-corrected chi connectivity index (χ2v) is 9.72. The molecule has 0 aromatic heterocycles. The maximum atomic E-state index is 11.5. The van der Waals surface area contributed by atoms with Crippen LogP contribution >= 0.6 is 11.6 Å². The molecule has 0 spiro atoms. The van der Waals surface area contributed by atoms with Gasteiger partial charge in [-0.25, -0.2) is 13.1 Å². The fraction of sp³-hybridized carbons (Fsp3) is 0.611. The number of para-hydroxylation sites is 1. The fourth-order valence-corrected chi connectivity index (χ4v) is 4.58. The van der Waals surface area contributed by atoms with Gasteiger partial charge in [0.05, 0.1) is 17.0 Å². The summed E-state index contributed by atoms with van der Waals surface area (Å²) in [6.45, 7) is 5.87. The van der Waals surface area contributed by atoms with Crippen LogP contribution in [-0.2, 0) is 10.0 Å². The first-order valence-corrected chi connectivity index (χ1v) is 11.3. The molecule has 1 saturated heterocycles. The van der Waals surface area contributed by atoms with Crippen LogP contribution in [-0.4, -0.2) is 58.9 Å². The van der Waals surface area contributed by atoms with Crippen molar-refractivity contribution in [1.29, 1.82) is 0 Å². The molecule has 9 heteroatoms. The van der Waals surface area contributed by atoms with Gasteiger partial charge in [0.15, 0.2) is 5.96 Å². The van der Waals surface area contributed by atoms with E-state index in [9.17, 15) is 8.42 Å². The number of aliphatic imine (C=N–C) groups is 1. The minimum Gasteiger partial charge on any atom is -0.368 e. The summed E-state index contributed by atoms with van der Waals surface area (Å²) in [6.07, 6.45) is 3.25. The minimum absolute atomic E-state index is 0.229. The summed E-state index contributed by atoms with van der Waals surface area (Å²) in [5.41, 5.74) is 0.425. The van der Waals surface area contributed by atoms with Gasteiger partial charge in [-0.15, -0.1) is 0 Å². The van der Waals surface area contributed by atoms with Crippen LogP contribution in [0.1, 0.15) is 26.7 Å². The smallest absolute Gasteiger partial charge is 0.209 e. The zero-order valence-corrected chi connectivity index (χ0v) is 18.0. The van der Waals surface area contributed by atoms with Gasteiger partial charge in [-0.05, 0) is 38.8 Å². The molecule has 7 nitrogen and oxygen atoms in total. The van der Waals surface area contributed by atoms with E-state index < -0.39 is 15.6 Å². The Morgan fingerprint density at radius 3 is 2.70 bits per heavy atom. The molecule has 1 aromatic carbocycles. The highest BCUT2D eigenvalue weighted by Gasteiger charge is 2.25. The van der Waals surface area contributed by atoms with E-state index in [1.54, 1.807) is 7.05 Å². The molecular formula is C18H30ClN5O2S. The van der Waals surface area contributed by atoms with E-state index in [0.29, 0.717) is 12.5 Å². The van der Waals surface area contributed by atoms with Crippen molar-refractivity contribution in [2.45, 2.75) is 38.3 Å². The molecule has 2 rings (SSSR count). The number of guanidine groups is 1. The third-order valence-electron chi connectivity index (χ3n) is 4.34. The van der Waals surface area contributed by atoms with E-state index >= 15 is 0 Å². The molecule has 1 aliphatic heterocycles. The lowest BCUT2D eigenvalue weighted by Gasteiger charge is -2.36. The van der Waals surface area contributed by atoms with Gasteiger partial charge in [-0.2, -0.15) is 0 Å². The lowest BCUT2D eigenvalue weighted by Crippen LogP contribution is -2.56. The molecule has 0 amide bonds. The summed E-state index contributed by atoms with van der Waals surface area (Å²) < 4.78 is 25.6. The van der Waals surface area contributed by atoms with Crippen LogP contribution in [0.25, 0.3) is 0 Å². The molecule has 0 bridgehead atoms. The number of hydrogen-bond acceptors (Lipinski definition) is 4. The van der Waals surface area contributed by atoms with Crippen molar-refractivity contribution in [1.82, 2.24) is 15.4 Å². The Morgan fingerprint density at radius 1 is 1.37 bits per heavy atom. The number of rotatable bonds is 6. The first-order valence-electron chi connectivity index (χ1n) is 9.05. The molecule has 1 aromatic rings. The molecule has 1 heterocycles. The molecule has 0 aliphatic carbocycles. The van der Waals surface area contributed by atoms with Gasteiger partial charge in [0.2, 0.25) is 10.0 Å². The van der Waals surface area contributed by atoms with E-state index in [2.05, 4.69) is 25.2 Å². The van der Waals surface area contributed by atoms with Gasteiger partial charge in [-0.1, -0.05) is 23.7 Å². The molecule has 27 heavy (non-hydrogen) atoms. The topological polar surface area (TPSA) is 85.8 Å². The first-order chi connectivity index (χ1) is 12.6. The highest BCUT2D eigenvalue weighted by molar-refractivity contribution is 7.88. The summed E-state index contributed by atoms with van der Waals surface area (Å²) in [5.74, 6) is 0.657. The van der Waals surface area contributed by atoms with E-state index in [-0.39, 0.29) is 6.04 Å². The standard InChI is InChI=1S/C18H30ClN5O2S/c1-18(2,23-27(4,25)26)13-21-17(20-3)22-14-8-7-11-24(12-14)16-10-6-5-9-15(16)19/h5-6,9-10,14,23H,7-8,11-13H2,1-4H3,(H2,20,21,22). The van der Waals surface area contributed by atoms with Crippen molar-refractivity contribution in [3.63, 3.8) is 0 Å². The van der Waals surface area contributed by atoms with Gasteiger partial charge in [0, 0.05) is 38.3 Å². The van der Waals surface area contributed by atoms with Crippen LogP contribution in [0.4, 0.5) is 5.69 Å². The molecular weight excluding hydrogens is 386 g/mol. The average molecular weight is 416 g/mol. The fourth-order valence-electron chi connectivity index (χ4n) is 3.25. The molecule has 1 atom stereocenters. The largest absolute Gasteiger partial charge is 0.368 e. The van der Waals surface area contributed by atoms with Crippen molar-refractivity contribution in [3.8, 4) is 0 Å². The first kappa shape index (κ1) is 21.8. The highest BCUT2D eigenvalue weighted by atomic mass is 35.5. The van der Waals surface area contributed by atoms with Gasteiger partial charge < -0.3 is 15.5 Å². The lowest BCUT2D eigenvalue weighted by atomic mass is 10.0.